The molecular weight excluding hydrogens is 551 g/mol. The SMILES string of the molecule is C=N/C(=C(\C=C(/C)C(F)(F)F)NC1(COC)CC1)c1nnc(N[C@H]2N=C(c3ccccc3)c3ccccc3NC2=O)o1. The molecule has 3 N–H and O–H groups in total. The van der Waals surface area contributed by atoms with E-state index in [0.29, 0.717) is 24.2 Å². The first-order valence-corrected chi connectivity index (χ1v) is 13.0. The van der Waals surface area contributed by atoms with Gasteiger partial charge in [0, 0.05) is 23.8 Å². The summed E-state index contributed by atoms with van der Waals surface area (Å²) in [6.45, 7) is 4.74. The molecule has 1 saturated carbocycles. The van der Waals surface area contributed by atoms with E-state index >= 15 is 0 Å². The molecule has 42 heavy (non-hydrogen) atoms. The van der Waals surface area contributed by atoms with Gasteiger partial charge in [-0.25, -0.2) is 4.99 Å². The predicted molar refractivity (Wildman–Crippen MR) is 152 cm³/mol. The standard InChI is InChI=1S/C29H28F3N7O3/c1-17(29(30,31)32)15-21(37-28(13-14-28)16-41-3)23(33-2)26-38-39-27(42-26)36-24-25(40)34-20-12-8-7-11-19(20)22(35-24)18-9-5-4-6-10-18/h4-12,15,24,37H,2,13-14,16H2,1,3H3,(H,34,40)(H,36,39)/b17-15+,23-21+/t24-/m1/s1. The first-order chi connectivity index (χ1) is 20.1. The summed E-state index contributed by atoms with van der Waals surface area (Å²) >= 11 is 0. The van der Waals surface area contributed by atoms with Gasteiger partial charge in [0.05, 0.1) is 29.2 Å². The topological polar surface area (TPSA) is 126 Å². The van der Waals surface area contributed by atoms with Crippen LogP contribution < -0.4 is 16.0 Å². The van der Waals surface area contributed by atoms with Crippen molar-refractivity contribution < 1.29 is 27.1 Å². The Bertz CT molecular complexity index is 1570. The lowest BCUT2D eigenvalue weighted by atomic mass is 10.0. The molecule has 5 rings (SSSR count). The molecule has 0 spiro atoms. The van der Waals surface area contributed by atoms with Gasteiger partial charge in [-0.3, -0.25) is 9.79 Å². The summed E-state index contributed by atoms with van der Waals surface area (Å²) in [6.07, 6.45) is -3.45. The van der Waals surface area contributed by atoms with Crippen LogP contribution in [0.15, 0.2) is 86.3 Å². The van der Waals surface area contributed by atoms with E-state index in [1.54, 1.807) is 12.1 Å². The van der Waals surface area contributed by atoms with Gasteiger partial charge in [0.2, 0.25) is 6.17 Å². The van der Waals surface area contributed by atoms with E-state index < -0.39 is 29.4 Å². The van der Waals surface area contributed by atoms with Crippen molar-refractivity contribution in [1.82, 2.24) is 15.5 Å². The number of fused-ring (bicyclic) bond motifs is 1. The van der Waals surface area contributed by atoms with Crippen LogP contribution in [0, 0.1) is 0 Å². The Morgan fingerprint density at radius 1 is 1.19 bits per heavy atom. The Morgan fingerprint density at radius 2 is 1.90 bits per heavy atom. The normalized spacial score (nSPS) is 18.6. The molecular formula is C29H28F3N7O3. The van der Waals surface area contributed by atoms with Gasteiger partial charge in [-0.15, -0.1) is 5.10 Å². The van der Waals surface area contributed by atoms with Gasteiger partial charge < -0.3 is 25.1 Å². The van der Waals surface area contributed by atoms with Crippen molar-refractivity contribution in [3.8, 4) is 0 Å². The van der Waals surface area contributed by atoms with Crippen LogP contribution in [-0.4, -0.2) is 60.1 Å². The number of amides is 1. The van der Waals surface area contributed by atoms with E-state index in [1.165, 1.54) is 7.11 Å². The lowest BCUT2D eigenvalue weighted by Gasteiger charge is -2.20. The second-order valence-electron chi connectivity index (χ2n) is 9.92. The van der Waals surface area contributed by atoms with E-state index in [9.17, 15) is 18.0 Å². The number of aromatic nitrogens is 2. The number of hydrogen-bond acceptors (Lipinski definition) is 9. The predicted octanol–water partition coefficient (Wildman–Crippen LogP) is 4.94. The number of allylic oxidation sites excluding steroid dienone is 2. The smallest absolute Gasteiger partial charge is 0.402 e. The molecule has 1 aromatic heterocycles. The fourth-order valence-corrected chi connectivity index (χ4v) is 4.42. The molecule has 2 heterocycles. The number of nitrogens with one attached hydrogen (secondary N) is 3. The number of benzene rings is 2. The van der Waals surface area contributed by atoms with Gasteiger partial charge in [-0.2, -0.15) is 13.2 Å². The molecule has 0 unspecified atom stereocenters. The molecule has 1 aliphatic carbocycles. The number of ether oxygens (including phenoxy) is 1. The Hall–Kier alpha value is -4.78. The molecule has 0 saturated heterocycles. The van der Waals surface area contributed by atoms with E-state index in [0.717, 1.165) is 24.1 Å². The van der Waals surface area contributed by atoms with Crippen molar-refractivity contribution in [1.29, 1.82) is 0 Å². The van der Waals surface area contributed by atoms with Crippen LogP contribution in [0.1, 0.15) is 36.8 Å². The second-order valence-corrected chi connectivity index (χ2v) is 9.92. The lowest BCUT2D eigenvalue weighted by Crippen LogP contribution is -2.35. The van der Waals surface area contributed by atoms with Crippen molar-refractivity contribution in [3.63, 3.8) is 0 Å². The number of benzodiazepines with no additional fused rings is 1. The molecule has 1 fully saturated rings. The van der Waals surface area contributed by atoms with Gasteiger partial charge in [0.15, 0.2) is 0 Å². The van der Waals surface area contributed by atoms with Crippen LogP contribution in [0.3, 0.4) is 0 Å². The number of para-hydroxylation sites is 1. The van der Waals surface area contributed by atoms with E-state index in [4.69, 9.17) is 9.15 Å². The maximum absolute atomic E-state index is 13.5. The Balaban J connectivity index is 1.50. The summed E-state index contributed by atoms with van der Waals surface area (Å²) < 4.78 is 51.4. The molecule has 2 aromatic carbocycles. The van der Waals surface area contributed by atoms with Gasteiger partial charge in [0.1, 0.15) is 5.70 Å². The number of anilines is 2. The van der Waals surface area contributed by atoms with Crippen LogP contribution >= 0.6 is 0 Å². The fraction of sp³-hybridized carbons (Fsp3) is 0.276. The summed E-state index contributed by atoms with van der Waals surface area (Å²) in [5, 5.41) is 16.7. The third-order valence-corrected chi connectivity index (χ3v) is 6.78. The minimum Gasteiger partial charge on any atom is -0.402 e. The molecule has 1 aliphatic heterocycles. The van der Waals surface area contributed by atoms with Gasteiger partial charge in [0.25, 0.3) is 11.8 Å². The zero-order valence-electron chi connectivity index (χ0n) is 22.8. The van der Waals surface area contributed by atoms with Crippen molar-refractivity contribution in [2.45, 2.75) is 37.6 Å². The van der Waals surface area contributed by atoms with Crippen molar-refractivity contribution >= 4 is 35.7 Å². The zero-order chi connectivity index (χ0) is 29.9. The van der Waals surface area contributed by atoms with Crippen LogP contribution in [0.2, 0.25) is 0 Å². The van der Waals surface area contributed by atoms with Crippen LogP contribution in [0.25, 0.3) is 5.70 Å². The first kappa shape index (κ1) is 28.7. The second kappa shape index (κ2) is 11.6. The highest BCUT2D eigenvalue weighted by Gasteiger charge is 2.44. The van der Waals surface area contributed by atoms with Crippen molar-refractivity contribution in [2.75, 3.05) is 24.4 Å². The molecule has 0 bridgehead atoms. The summed E-state index contributed by atoms with van der Waals surface area (Å²) in [6, 6.07) is 16.4. The number of carbonyl (C=O) groups excluding carboxylic acids is 1. The van der Waals surface area contributed by atoms with Gasteiger partial charge >= 0.3 is 12.2 Å². The van der Waals surface area contributed by atoms with Crippen molar-refractivity contribution in [3.05, 3.63) is 89.0 Å². The van der Waals surface area contributed by atoms with E-state index in [1.807, 2.05) is 42.5 Å². The lowest BCUT2D eigenvalue weighted by molar-refractivity contribution is -0.116. The number of nitrogens with zero attached hydrogens (tertiary/aromatic N) is 4. The number of hydrogen-bond donors (Lipinski definition) is 3. The summed E-state index contributed by atoms with van der Waals surface area (Å²) in [4.78, 5) is 21.8. The Kier molecular flexibility index (Phi) is 7.94. The van der Waals surface area contributed by atoms with Crippen molar-refractivity contribution in [2.24, 2.45) is 9.98 Å². The van der Waals surface area contributed by atoms with Gasteiger partial charge in [-0.05, 0) is 38.6 Å². The minimum absolute atomic E-state index is 0.00313. The number of halogens is 3. The highest BCUT2D eigenvalue weighted by Crippen LogP contribution is 2.38. The fourth-order valence-electron chi connectivity index (χ4n) is 4.42. The molecule has 218 valence electrons. The van der Waals surface area contributed by atoms with Gasteiger partial charge in [-0.1, -0.05) is 53.6 Å². The molecule has 0 radical (unpaired) electrons. The monoisotopic (exact) mass is 579 g/mol. The quantitative estimate of drug-likeness (QED) is 0.229. The van der Waals surface area contributed by atoms with E-state index in [2.05, 4.69) is 42.9 Å². The molecule has 13 heteroatoms. The van der Waals surface area contributed by atoms with Crippen LogP contribution in [0.4, 0.5) is 24.9 Å². The average Bonchev–Trinajstić information content (AvgIpc) is 3.60. The van der Waals surface area contributed by atoms with Crippen LogP contribution in [-0.2, 0) is 9.53 Å². The molecule has 1 amide bonds. The summed E-state index contributed by atoms with van der Waals surface area (Å²) in [5.74, 6) is -0.689. The first-order valence-electron chi connectivity index (χ1n) is 13.0. The number of aliphatic imine (C=N–C) groups is 2. The molecule has 3 aromatic rings. The number of carbonyl (C=O) groups is 1. The number of methoxy groups -OCH3 is 1. The maximum Gasteiger partial charge on any atom is 0.412 e. The molecule has 1 atom stereocenters. The third kappa shape index (κ3) is 6.25. The summed E-state index contributed by atoms with van der Waals surface area (Å²) in [5.41, 5.74) is 1.13. The average molecular weight is 580 g/mol. The maximum atomic E-state index is 13.5. The minimum atomic E-state index is -4.57. The van der Waals surface area contributed by atoms with Crippen LogP contribution in [0.5, 0.6) is 0 Å². The Labute approximate surface area is 239 Å². The summed E-state index contributed by atoms with van der Waals surface area (Å²) in [7, 11) is 1.51. The molecule has 2 aliphatic rings. The highest BCUT2D eigenvalue weighted by molar-refractivity contribution is 6.19. The van der Waals surface area contributed by atoms with E-state index in [-0.39, 0.29) is 29.9 Å². The number of rotatable bonds is 10. The molecule has 10 nitrogen and oxygen atoms in total. The zero-order valence-corrected chi connectivity index (χ0v) is 22.8. The Morgan fingerprint density at radius 3 is 2.57 bits per heavy atom. The highest BCUT2D eigenvalue weighted by atomic mass is 19.4. The largest absolute Gasteiger partial charge is 0.412 e. The third-order valence-electron chi connectivity index (χ3n) is 6.78. The number of alkyl halides is 3.